The summed E-state index contributed by atoms with van der Waals surface area (Å²) in [5, 5.41) is 9.35. The molecule has 98 valence electrons. The van der Waals surface area contributed by atoms with Crippen LogP contribution in [0.1, 0.15) is 10.4 Å². The number of rotatable bonds is 2. The first-order valence-corrected chi connectivity index (χ1v) is 6.07. The number of hydrogen-bond acceptors (Lipinski definition) is 2. The molecule has 0 fully saturated rings. The number of carbonyl (C=O) groups is 1. The van der Waals surface area contributed by atoms with E-state index in [0.717, 1.165) is 12.3 Å². The van der Waals surface area contributed by atoms with Crippen LogP contribution in [-0.4, -0.2) is 16.1 Å². The third-order valence-corrected chi connectivity index (χ3v) is 3.39. The zero-order chi connectivity index (χ0) is 14.2. The average Bonchev–Trinajstić information content (AvgIpc) is 2.34. The van der Waals surface area contributed by atoms with Crippen LogP contribution in [0.15, 0.2) is 24.4 Å². The fourth-order valence-electron chi connectivity index (χ4n) is 1.51. The van der Waals surface area contributed by atoms with Gasteiger partial charge in [-0.1, -0.05) is 34.8 Å². The van der Waals surface area contributed by atoms with Crippen LogP contribution in [0.3, 0.4) is 0 Å². The minimum Gasteiger partial charge on any atom is -0.478 e. The van der Waals surface area contributed by atoms with E-state index in [0.29, 0.717) is 0 Å². The van der Waals surface area contributed by atoms with E-state index >= 15 is 0 Å². The van der Waals surface area contributed by atoms with Gasteiger partial charge in [-0.2, -0.15) is 4.39 Å². The van der Waals surface area contributed by atoms with Crippen molar-refractivity contribution < 1.29 is 14.3 Å². The molecular weight excluding hydrogens is 315 g/mol. The average molecular weight is 321 g/mol. The van der Waals surface area contributed by atoms with Gasteiger partial charge < -0.3 is 5.11 Å². The quantitative estimate of drug-likeness (QED) is 0.652. The van der Waals surface area contributed by atoms with Crippen LogP contribution in [0.25, 0.3) is 11.1 Å². The number of aromatic carboxylic acids is 1. The predicted molar refractivity (Wildman–Crippen MR) is 71.6 cm³/mol. The van der Waals surface area contributed by atoms with Crippen molar-refractivity contribution in [2.45, 2.75) is 0 Å². The molecule has 0 saturated carbocycles. The Labute approximate surface area is 122 Å². The van der Waals surface area contributed by atoms with E-state index in [4.69, 9.17) is 39.9 Å². The summed E-state index contributed by atoms with van der Waals surface area (Å²) in [5.74, 6) is -2.08. The van der Waals surface area contributed by atoms with Gasteiger partial charge in [-0.05, 0) is 18.2 Å². The predicted octanol–water partition coefficient (Wildman–Crippen LogP) is 4.55. The largest absolute Gasteiger partial charge is 0.478 e. The lowest BCUT2D eigenvalue weighted by Gasteiger charge is -2.08. The van der Waals surface area contributed by atoms with Gasteiger partial charge in [-0.15, -0.1) is 0 Å². The minimum atomic E-state index is -1.22. The van der Waals surface area contributed by atoms with E-state index < -0.39 is 11.9 Å². The molecule has 7 heteroatoms. The fraction of sp³-hybridized carbons (Fsp3) is 0. The van der Waals surface area contributed by atoms with Gasteiger partial charge in [0.1, 0.15) is 0 Å². The number of benzene rings is 1. The second kappa shape index (κ2) is 5.33. The number of carboxylic acid groups (broad SMARTS) is 1. The first kappa shape index (κ1) is 14.1. The normalized spacial score (nSPS) is 10.5. The van der Waals surface area contributed by atoms with Crippen LogP contribution in [0.2, 0.25) is 15.1 Å². The topological polar surface area (TPSA) is 50.2 Å². The molecule has 1 aromatic heterocycles. The minimum absolute atomic E-state index is 0.0747. The third kappa shape index (κ3) is 2.81. The summed E-state index contributed by atoms with van der Waals surface area (Å²) in [7, 11) is 0. The standard InChI is InChI=1S/C12H5Cl3FNO2/c13-6-2-7(10(15)9(14)3-6)8-1-5(12(18)19)4-17-11(8)16/h1-4H,(H,18,19). The summed E-state index contributed by atoms with van der Waals surface area (Å²) >= 11 is 17.6. The number of carboxylic acids is 1. The highest BCUT2D eigenvalue weighted by atomic mass is 35.5. The Balaban J connectivity index is 2.71. The number of halogens is 4. The van der Waals surface area contributed by atoms with E-state index in [1.807, 2.05) is 0 Å². The summed E-state index contributed by atoms with van der Waals surface area (Å²) in [6, 6.07) is 3.92. The number of hydrogen-bond donors (Lipinski definition) is 1. The van der Waals surface area contributed by atoms with Crippen molar-refractivity contribution in [2.75, 3.05) is 0 Å². The van der Waals surface area contributed by atoms with Crippen LogP contribution in [0.4, 0.5) is 4.39 Å². The molecule has 0 spiro atoms. The third-order valence-electron chi connectivity index (χ3n) is 2.37. The van der Waals surface area contributed by atoms with E-state index in [2.05, 4.69) is 4.98 Å². The van der Waals surface area contributed by atoms with Crippen LogP contribution in [0, 0.1) is 5.95 Å². The number of nitrogens with zero attached hydrogens (tertiary/aromatic N) is 1. The van der Waals surface area contributed by atoms with E-state index in [1.54, 1.807) is 0 Å². The molecule has 3 nitrogen and oxygen atoms in total. The van der Waals surface area contributed by atoms with Gasteiger partial charge in [0.05, 0.1) is 15.6 Å². The SMILES string of the molecule is O=C(O)c1cnc(F)c(-c2cc(Cl)cc(Cl)c2Cl)c1. The van der Waals surface area contributed by atoms with E-state index in [9.17, 15) is 9.18 Å². The monoisotopic (exact) mass is 319 g/mol. The van der Waals surface area contributed by atoms with E-state index in [1.165, 1.54) is 12.1 Å². The maximum atomic E-state index is 13.7. The van der Waals surface area contributed by atoms with Crippen molar-refractivity contribution in [2.24, 2.45) is 0 Å². The Hall–Kier alpha value is -1.36. The Kier molecular flexibility index (Phi) is 3.94. The molecule has 1 aromatic carbocycles. The number of aromatic nitrogens is 1. The van der Waals surface area contributed by atoms with Gasteiger partial charge in [-0.3, -0.25) is 0 Å². The van der Waals surface area contributed by atoms with Gasteiger partial charge in [0, 0.05) is 22.3 Å². The Bertz CT molecular complexity index is 676. The van der Waals surface area contributed by atoms with Crippen LogP contribution < -0.4 is 0 Å². The van der Waals surface area contributed by atoms with Crippen molar-refractivity contribution in [3.63, 3.8) is 0 Å². The van der Waals surface area contributed by atoms with Crippen molar-refractivity contribution in [3.05, 3.63) is 51.0 Å². The molecule has 0 aliphatic carbocycles. The first-order valence-electron chi connectivity index (χ1n) is 4.94. The van der Waals surface area contributed by atoms with Gasteiger partial charge in [0.2, 0.25) is 5.95 Å². The Morgan fingerprint density at radius 1 is 1.16 bits per heavy atom. The van der Waals surface area contributed by atoms with Gasteiger partial charge >= 0.3 is 5.97 Å². The summed E-state index contributed by atoms with van der Waals surface area (Å²) in [4.78, 5) is 14.3. The molecule has 1 N–H and O–H groups in total. The molecule has 0 amide bonds. The first-order chi connectivity index (χ1) is 8.90. The zero-order valence-electron chi connectivity index (χ0n) is 9.12. The summed E-state index contributed by atoms with van der Waals surface area (Å²) < 4.78 is 13.7. The van der Waals surface area contributed by atoms with Crippen molar-refractivity contribution in [1.82, 2.24) is 4.98 Å². The highest BCUT2D eigenvalue weighted by Gasteiger charge is 2.16. The Morgan fingerprint density at radius 2 is 1.84 bits per heavy atom. The smallest absolute Gasteiger partial charge is 0.337 e. The molecule has 2 aromatic rings. The van der Waals surface area contributed by atoms with Gasteiger partial charge in [0.25, 0.3) is 0 Å². The van der Waals surface area contributed by atoms with Crippen molar-refractivity contribution >= 4 is 40.8 Å². The summed E-state index contributed by atoms with van der Waals surface area (Å²) in [6.07, 6.45) is 0.918. The maximum absolute atomic E-state index is 13.7. The molecule has 0 radical (unpaired) electrons. The molecule has 0 bridgehead atoms. The lowest BCUT2D eigenvalue weighted by atomic mass is 10.1. The fourth-order valence-corrected chi connectivity index (χ4v) is 2.21. The lowest BCUT2D eigenvalue weighted by Crippen LogP contribution is -2.00. The second-order valence-corrected chi connectivity index (χ2v) is 4.84. The summed E-state index contributed by atoms with van der Waals surface area (Å²) in [6.45, 7) is 0. The van der Waals surface area contributed by atoms with Gasteiger partial charge in [0.15, 0.2) is 0 Å². The molecule has 0 atom stereocenters. The zero-order valence-corrected chi connectivity index (χ0v) is 11.4. The molecule has 0 saturated heterocycles. The molecule has 0 aliphatic heterocycles. The molecule has 0 unspecified atom stereocenters. The van der Waals surface area contributed by atoms with Crippen LogP contribution in [0.5, 0.6) is 0 Å². The Morgan fingerprint density at radius 3 is 2.47 bits per heavy atom. The highest BCUT2D eigenvalue weighted by Crippen LogP contribution is 2.37. The molecule has 0 aliphatic rings. The molecular formula is C12H5Cl3FNO2. The molecule has 2 rings (SSSR count). The summed E-state index contributed by atoms with van der Waals surface area (Å²) in [5.41, 5.74) is -0.0508. The maximum Gasteiger partial charge on any atom is 0.337 e. The molecule has 1 heterocycles. The van der Waals surface area contributed by atoms with Crippen molar-refractivity contribution in [1.29, 1.82) is 0 Å². The van der Waals surface area contributed by atoms with Crippen molar-refractivity contribution in [3.8, 4) is 11.1 Å². The van der Waals surface area contributed by atoms with Crippen LogP contribution >= 0.6 is 34.8 Å². The lowest BCUT2D eigenvalue weighted by molar-refractivity contribution is 0.0696. The van der Waals surface area contributed by atoms with E-state index in [-0.39, 0.29) is 31.8 Å². The molecule has 19 heavy (non-hydrogen) atoms. The van der Waals surface area contributed by atoms with Crippen LogP contribution in [-0.2, 0) is 0 Å². The number of pyridine rings is 1. The second-order valence-electron chi connectivity index (χ2n) is 3.62. The highest BCUT2D eigenvalue weighted by molar-refractivity contribution is 6.45. The van der Waals surface area contributed by atoms with Gasteiger partial charge in [-0.25, -0.2) is 9.78 Å².